The first kappa shape index (κ1) is 32.3. The number of fused-ring (bicyclic) bond motifs is 2. The molecule has 2 aromatic carbocycles. The molecule has 0 unspecified atom stereocenters. The summed E-state index contributed by atoms with van der Waals surface area (Å²) in [5, 5.41) is 8.05. The standard InChI is InChI=1S/C34H40N6O4S2/c41-29(35-23-11-3-1-4-12-23)21-45-33-37-27-17-9-7-15-25(27)31(43)39(33)19-20-40-32(44)26-16-8-10-18-28(26)38-34(40)46-22-30(42)36-24-13-5-2-6-14-24/h7-10,15-18,23-24H,1-6,11-14,19-22H2,(H,35,41)(H,36,42). The minimum Gasteiger partial charge on any atom is -0.353 e. The summed E-state index contributed by atoms with van der Waals surface area (Å²) >= 11 is 2.46. The monoisotopic (exact) mass is 660 g/mol. The Balaban J connectivity index is 1.24. The van der Waals surface area contributed by atoms with Gasteiger partial charge in [-0.15, -0.1) is 0 Å². The van der Waals surface area contributed by atoms with Crippen LogP contribution in [0.25, 0.3) is 21.8 Å². The Morgan fingerprint density at radius 2 is 1.02 bits per heavy atom. The second kappa shape index (κ2) is 15.3. The van der Waals surface area contributed by atoms with E-state index in [1.165, 1.54) is 36.4 Å². The van der Waals surface area contributed by atoms with Gasteiger partial charge in [0.1, 0.15) is 0 Å². The van der Waals surface area contributed by atoms with Gasteiger partial charge in [0.2, 0.25) is 11.8 Å². The number of para-hydroxylation sites is 2. The van der Waals surface area contributed by atoms with Crippen LogP contribution in [0.2, 0.25) is 0 Å². The number of nitrogens with zero attached hydrogens (tertiary/aromatic N) is 4. The fourth-order valence-electron chi connectivity index (χ4n) is 6.40. The van der Waals surface area contributed by atoms with Crippen molar-refractivity contribution in [3.8, 4) is 0 Å². The van der Waals surface area contributed by atoms with E-state index >= 15 is 0 Å². The van der Waals surface area contributed by atoms with E-state index in [0.717, 1.165) is 51.4 Å². The van der Waals surface area contributed by atoms with Crippen LogP contribution >= 0.6 is 23.5 Å². The molecule has 12 heteroatoms. The van der Waals surface area contributed by atoms with Gasteiger partial charge in [0.15, 0.2) is 10.3 Å². The fourth-order valence-corrected chi connectivity index (χ4v) is 8.08. The molecule has 2 amide bonds. The predicted molar refractivity (Wildman–Crippen MR) is 183 cm³/mol. The number of nitrogens with one attached hydrogen (secondary N) is 2. The number of rotatable bonds is 11. The Morgan fingerprint density at radius 1 is 0.630 bits per heavy atom. The van der Waals surface area contributed by atoms with Crippen molar-refractivity contribution < 1.29 is 9.59 Å². The lowest BCUT2D eigenvalue weighted by atomic mass is 9.95. The molecule has 46 heavy (non-hydrogen) atoms. The van der Waals surface area contributed by atoms with Crippen molar-refractivity contribution in [1.29, 1.82) is 0 Å². The molecular formula is C34H40N6O4S2. The second-order valence-corrected chi connectivity index (χ2v) is 14.0. The largest absolute Gasteiger partial charge is 0.353 e. The zero-order valence-electron chi connectivity index (χ0n) is 25.9. The molecule has 6 rings (SSSR count). The van der Waals surface area contributed by atoms with Gasteiger partial charge in [0.05, 0.1) is 33.3 Å². The van der Waals surface area contributed by atoms with E-state index in [-0.39, 0.29) is 59.6 Å². The molecule has 0 saturated heterocycles. The number of benzene rings is 2. The summed E-state index contributed by atoms with van der Waals surface area (Å²) in [6, 6.07) is 14.7. The smallest absolute Gasteiger partial charge is 0.262 e. The van der Waals surface area contributed by atoms with Crippen molar-refractivity contribution in [2.45, 2.75) is 99.7 Å². The Hall–Kier alpha value is -3.64. The third-order valence-electron chi connectivity index (χ3n) is 8.81. The van der Waals surface area contributed by atoms with Gasteiger partial charge in [0.25, 0.3) is 11.1 Å². The van der Waals surface area contributed by atoms with Crippen LogP contribution < -0.4 is 21.8 Å². The number of amides is 2. The Labute approximate surface area is 276 Å². The molecule has 2 saturated carbocycles. The number of hydrogen-bond donors (Lipinski definition) is 2. The van der Waals surface area contributed by atoms with Crippen LogP contribution in [-0.4, -0.2) is 54.5 Å². The molecule has 2 aliphatic carbocycles. The average Bonchev–Trinajstić information content (AvgIpc) is 3.08. The first-order valence-corrected chi connectivity index (χ1v) is 18.3. The molecule has 2 N–H and O–H groups in total. The number of thioether (sulfide) groups is 2. The molecule has 0 aliphatic heterocycles. The van der Waals surface area contributed by atoms with Crippen LogP contribution in [0, 0.1) is 0 Å². The van der Waals surface area contributed by atoms with Gasteiger partial charge in [0, 0.05) is 25.2 Å². The molecule has 2 aliphatic rings. The van der Waals surface area contributed by atoms with E-state index in [1.807, 2.05) is 12.1 Å². The summed E-state index contributed by atoms with van der Waals surface area (Å²) < 4.78 is 3.10. The number of hydrogen-bond acceptors (Lipinski definition) is 8. The third kappa shape index (κ3) is 7.83. The lowest BCUT2D eigenvalue weighted by Crippen LogP contribution is -2.37. The maximum absolute atomic E-state index is 13.8. The lowest BCUT2D eigenvalue weighted by Gasteiger charge is -2.23. The zero-order chi connectivity index (χ0) is 31.9. The number of carbonyl (C=O) groups excluding carboxylic acids is 2. The summed E-state index contributed by atoms with van der Waals surface area (Å²) in [7, 11) is 0. The topological polar surface area (TPSA) is 128 Å². The van der Waals surface area contributed by atoms with Crippen molar-refractivity contribution >= 4 is 57.1 Å². The molecule has 2 aromatic heterocycles. The van der Waals surface area contributed by atoms with E-state index in [1.54, 1.807) is 45.5 Å². The van der Waals surface area contributed by atoms with E-state index in [2.05, 4.69) is 10.6 Å². The summed E-state index contributed by atoms with van der Waals surface area (Å²) in [6.07, 6.45) is 10.9. The highest BCUT2D eigenvalue weighted by Crippen LogP contribution is 2.22. The molecule has 10 nitrogen and oxygen atoms in total. The van der Waals surface area contributed by atoms with Crippen molar-refractivity contribution in [3.63, 3.8) is 0 Å². The van der Waals surface area contributed by atoms with Crippen molar-refractivity contribution in [3.05, 3.63) is 69.2 Å². The van der Waals surface area contributed by atoms with Gasteiger partial charge in [-0.1, -0.05) is 86.3 Å². The zero-order valence-corrected chi connectivity index (χ0v) is 27.5. The van der Waals surface area contributed by atoms with Gasteiger partial charge in [-0.3, -0.25) is 28.3 Å². The lowest BCUT2D eigenvalue weighted by molar-refractivity contribution is -0.120. The highest BCUT2D eigenvalue weighted by molar-refractivity contribution is 8.00. The summed E-state index contributed by atoms with van der Waals surface area (Å²) in [4.78, 5) is 62.8. The van der Waals surface area contributed by atoms with Crippen LogP contribution in [0.5, 0.6) is 0 Å². The van der Waals surface area contributed by atoms with Crippen LogP contribution in [0.3, 0.4) is 0 Å². The third-order valence-corrected chi connectivity index (χ3v) is 10.8. The van der Waals surface area contributed by atoms with E-state index < -0.39 is 0 Å². The Bertz CT molecular complexity index is 1700. The summed E-state index contributed by atoms with van der Waals surface area (Å²) in [5.41, 5.74) is 0.652. The van der Waals surface area contributed by atoms with Crippen molar-refractivity contribution in [2.75, 3.05) is 11.5 Å². The molecule has 0 bridgehead atoms. The average molecular weight is 661 g/mol. The molecular weight excluding hydrogens is 621 g/mol. The number of carbonyl (C=O) groups is 2. The van der Waals surface area contributed by atoms with Crippen LogP contribution in [0.15, 0.2) is 68.4 Å². The summed E-state index contributed by atoms with van der Waals surface area (Å²) in [6.45, 7) is 0.288. The molecule has 242 valence electrons. The first-order chi connectivity index (χ1) is 22.5. The van der Waals surface area contributed by atoms with Crippen molar-refractivity contribution in [1.82, 2.24) is 29.7 Å². The normalized spacial score (nSPS) is 16.1. The van der Waals surface area contributed by atoms with Gasteiger partial charge >= 0.3 is 0 Å². The number of aromatic nitrogens is 4. The predicted octanol–water partition coefficient (Wildman–Crippen LogP) is 4.89. The highest BCUT2D eigenvalue weighted by Gasteiger charge is 2.20. The van der Waals surface area contributed by atoms with Crippen molar-refractivity contribution in [2.24, 2.45) is 0 Å². The molecule has 2 fully saturated rings. The molecule has 0 radical (unpaired) electrons. The van der Waals surface area contributed by atoms with E-state index in [9.17, 15) is 19.2 Å². The molecule has 0 spiro atoms. The van der Waals surface area contributed by atoms with E-state index in [4.69, 9.17) is 9.97 Å². The summed E-state index contributed by atoms with van der Waals surface area (Å²) in [5.74, 6) is 0.114. The quantitative estimate of drug-likeness (QED) is 0.172. The van der Waals surface area contributed by atoms with Crippen LogP contribution in [0.4, 0.5) is 0 Å². The second-order valence-electron chi connectivity index (χ2n) is 12.1. The molecule has 2 heterocycles. The maximum Gasteiger partial charge on any atom is 0.262 e. The first-order valence-electron chi connectivity index (χ1n) is 16.3. The Kier molecular flexibility index (Phi) is 10.7. The van der Waals surface area contributed by atoms with Crippen LogP contribution in [-0.2, 0) is 22.7 Å². The molecule has 4 aromatic rings. The van der Waals surface area contributed by atoms with Gasteiger partial charge < -0.3 is 10.6 Å². The SMILES string of the molecule is O=C(CSc1nc2ccccc2c(=O)n1CCn1c(SCC(=O)NC2CCCCC2)nc2ccccc2c1=O)NC1CCCCC1. The van der Waals surface area contributed by atoms with Crippen LogP contribution in [0.1, 0.15) is 64.2 Å². The van der Waals surface area contributed by atoms with Gasteiger partial charge in [-0.2, -0.15) is 0 Å². The Morgan fingerprint density at radius 3 is 1.43 bits per heavy atom. The minimum atomic E-state index is -0.233. The van der Waals surface area contributed by atoms with E-state index in [0.29, 0.717) is 32.1 Å². The highest BCUT2D eigenvalue weighted by atomic mass is 32.2. The maximum atomic E-state index is 13.8. The fraction of sp³-hybridized carbons (Fsp3) is 0.471. The van der Waals surface area contributed by atoms with Gasteiger partial charge in [-0.05, 0) is 49.9 Å². The van der Waals surface area contributed by atoms with Gasteiger partial charge in [-0.25, -0.2) is 9.97 Å². The minimum absolute atomic E-state index is 0.0778. The molecule has 0 atom stereocenters.